The quantitative estimate of drug-likeness (QED) is 0.858. The molecular weight excluding hydrogens is 242 g/mol. The predicted molar refractivity (Wildman–Crippen MR) is 75.4 cm³/mol. The molecule has 0 unspecified atom stereocenters. The Morgan fingerprint density at radius 3 is 2.37 bits per heavy atom. The summed E-state index contributed by atoms with van der Waals surface area (Å²) in [7, 11) is 0. The first-order chi connectivity index (χ1) is 8.95. The number of hydrogen-bond donors (Lipinski definition) is 1. The number of carboxylic acid groups (broad SMARTS) is 1. The van der Waals surface area contributed by atoms with Gasteiger partial charge in [0.15, 0.2) is 0 Å². The zero-order valence-electron chi connectivity index (χ0n) is 11.8. The van der Waals surface area contributed by atoms with Crippen LogP contribution in [0.3, 0.4) is 0 Å². The fourth-order valence-corrected chi connectivity index (χ4v) is 1.85. The molecule has 1 rings (SSSR count). The van der Waals surface area contributed by atoms with Gasteiger partial charge < -0.3 is 10.0 Å². The molecule has 0 radical (unpaired) electrons. The molecule has 1 N–H and O–H groups in total. The third-order valence-corrected chi connectivity index (χ3v) is 3.12. The monoisotopic (exact) mass is 263 g/mol. The molecule has 104 valence electrons. The summed E-state index contributed by atoms with van der Waals surface area (Å²) < 4.78 is 0. The summed E-state index contributed by atoms with van der Waals surface area (Å²) in [4.78, 5) is 24.4. The van der Waals surface area contributed by atoms with Crippen molar-refractivity contribution in [3.8, 4) is 0 Å². The predicted octanol–water partition coefficient (Wildman–Crippen LogP) is 2.91. The van der Waals surface area contributed by atoms with Crippen LogP contribution in [-0.4, -0.2) is 23.5 Å². The summed E-state index contributed by atoms with van der Waals surface area (Å²) in [6.07, 6.45) is 1.15. The van der Waals surface area contributed by atoms with Crippen LogP contribution in [0.25, 0.3) is 0 Å². The van der Waals surface area contributed by atoms with Crippen LogP contribution in [0.4, 0.5) is 5.69 Å². The van der Waals surface area contributed by atoms with Gasteiger partial charge >= 0.3 is 5.97 Å². The minimum Gasteiger partial charge on any atom is -0.481 e. The second-order valence-corrected chi connectivity index (χ2v) is 4.71. The number of carboxylic acids is 1. The van der Waals surface area contributed by atoms with Gasteiger partial charge in [-0.15, -0.1) is 0 Å². The zero-order chi connectivity index (χ0) is 14.4. The Labute approximate surface area is 114 Å². The van der Waals surface area contributed by atoms with E-state index in [0.29, 0.717) is 6.42 Å². The van der Waals surface area contributed by atoms with Gasteiger partial charge in [0, 0.05) is 18.7 Å². The van der Waals surface area contributed by atoms with E-state index in [1.807, 2.05) is 39.0 Å². The van der Waals surface area contributed by atoms with Crippen molar-refractivity contribution in [2.45, 2.75) is 40.0 Å². The van der Waals surface area contributed by atoms with E-state index in [2.05, 4.69) is 0 Å². The lowest BCUT2D eigenvalue weighted by molar-refractivity contribution is -0.136. The highest BCUT2D eigenvalue weighted by molar-refractivity contribution is 5.93. The van der Waals surface area contributed by atoms with E-state index < -0.39 is 5.97 Å². The van der Waals surface area contributed by atoms with E-state index >= 15 is 0 Å². The highest BCUT2D eigenvalue weighted by atomic mass is 16.4. The van der Waals surface area contributed by atoms with Crippen molar-refractivity contribution in [2.24, 2.45) is 0 Å². The summed E-state index contributed by atoms with van der Waals surface area (Å²) in [5.74, 6) is -0.912. The van der Waals surface area contributed by atoms with Crippen LogP contribution in [0.2, 0.25) is 0 Å². The van der Waals surface area contributed by atoms with Crippen molar-refractivity contribution in [3.05, 3.63) is 29.3 Å². The average molecular weight is 263 g/mol. The van der Waals surface area contributed by atoms with E-state index in [-0.39, 0.29) is 18.9 Å². The lowest BCUT2D eigenvalue weighted by Gasteiger charge is -2.23. The van der Waals surface area contributed by atoms with E-state index in [4.69, 9.17) is 5.11 Å². The van der Waals surface area contributed by atoms with Gasteiger partial charge in [-0.25, -0.2) is 0 Å². The number of nitrogens with zero attached hydrogens (tertiary/aromatic N) is 1. The lowest BCUT2D eigenvalue weighted by Crippen LogP contribution is -2.32. The van der Waals surface area contributed by atoms with E-state index in [1.54, 1.807) is 4.90 Å². The van der Waals surface area contributed by atoms with Crippen LogP contribution in [0.15, 0.2) is 18.2 Å². The van der Waals surface area contributed by atoms with Crippen LogP contribution in [0.1, 0.15) is 37.3 Å². The fourth-order valence-electron chi connectivity index (χ4n) is 1.85. The largest absolute Gasteiger partial charge is 0.481 e. The first kappa shape index (κ1) is 15.2. The molecule has 0 aromatic heterocycles. The van der Waals surface area contributed by atoms with Crippen molar-refractivity contribution in [1.29, 1.82) is 0 Å². The maximum absolute atomic E-state index is 12.1. The smallest absolute Gasteiger partial charge is 0.305 e. The number of anilines is 1. The number of amides is 1. The fraction of sp³-hybridized carbons (Fsp3) is 0.467. The first-order valence-corrected chi connectivity index (χ1v) is 6.55. The summed E-state index contributed by atoms with van der Waals surface area (Å²) >= 11 is 0. The molecule has 0 atom stereocenters. The maximum Gasteiger partial charge on any atom is 0.305 e. The Morgan fingerprint density at radius 1 is 1.16 bits per heavy atom. The Bertz CT molecular complexity index is 468. The molecule has 4 heteroatoms. The molecule has 0 fully saturated rings. The van der Waals surface area contributed by atoms with Gasteiger partial charge in [-0.05, 0) is 43.5 Å². The third-order valence-electron chi connectivity index (χ3n) is 3.12. The number of aryl methyl sites for hydroxylation is 2. The molecule has 1 aromatic rings. The van der Waals surface area contributed by atoms with Gasteiger partial charge in [-0.3, -0.25) is 9.59 Å². The SMILES string of the molecule is CCCC(=O)N(CCC(=O)O)c1ccc(C)c(C)c1. The number of carbonyl (C=O) groups excluding carboxylic acids is 1. The number of aliphatic carboxylic acids is 1. The Hall–Kier alpha value is -1.84. The van der Waals surface area contributed by atoms with Crippen molar-refractivity contribution >= 4 is 17.6 Å². The number of benzene rings is 1. The van der Waals surface area contributed by atoms with Crippen LogP contribution in [0.5, 0.6) is 0 Å². The molecule has 1 aromatic carbocycles. The maximum atomic E-state index is 12.1. The molecule has 0 saturated heterocycles. The Morgan fingerprint density at radius 2 is 1.84 bits per heavy atom. The molecule has 4 nitrogen and oxygen atoms in total. The Kier molecular flexibility index (Phi) is 5.55. The van der Waals surface area contributed by atoms with E-state index in [0.717, 1.165) is 23.2 Å². The van der Waals surface area contributed by atoms with Crippen LogP contribution in [-0.2, 0) is 9.59 Å². The summed E-state index contributed by atoms with van der Waals surface area (Å²) in [6, 6.07) is 5.76. The molecule has 0 bridgehead atoms. The summed E-state index contributed by atoms with van der Waals surface area (Å²) in [6.45, 7) is 6.15. The molecule has 0 aliphatic heterocycles. The van der Waals surface area contributed by atoms with Gasteiger partial charge in [0.25, 0.3) is 0 Å². The van der Waals surface area contributed by atoms with Crippen molar-refractivity contribution < 1.29 is 14.7 Å². The summed E-state index contributed by atoms with van der Waals surface area (Å²) in [5, 5.41) is 8.78. The van der Waals surface area contributed by atoms with Crippen LogP contribution < -0.4 is 4.90 Å². The number of rotatable bonds is 6. The van der Waals surface area contributed by atoms with Crippen molar-refractivity contribution in [3.63, 3.8) is 0 Å². The van der Waals surface area contributed by atoms with Gasteiger partial charge in [0.1, 0.15) is 0 Å². The number of hydrogen-bond acceptors (Lipinski definition) is 2. The second-order valence-electron chi connectivity index (χ2n) is 4.71. The van der Waals surface area contributed by atoms with Gasteiger partial charge in [0.05, 0.1) is 6.42 Å². The zero-order valence-corrected chi connectivity index (χ0v) is 11.8. The van der Waals surface area contributed by atoms with Gasteiger partial charge in [0.2, 0.25) is 5.91 Å². The lowest BCUT2D eigenvalue weighted by atomic mass is 10.1. The van der Waals surface area contributed by atoms with E-state index in [9.17, 15) is 9.59 Å². The van der Waals surface area contributed by atoms with Gasteiger partial charge in [-0.1, -0.05) is 13.0 Å². The Balaban J connectivity index is 2.96. The molecule has 0 spiro atoms. The highest BCUT2D eigenvalue weighted by Gasteiger charge is 2.16. The molecule has 1 amide bonds. The molecule has 0 heterocycles. The highest BCUT2D eigenvalue weighted by Crippen LogP contribution is 2.20. The van der Waals surface area contributed by atoms with Crippen molar-refractivity contribution in [2.75, 3.05) is 11.4 Å². The molecule has 0 aliphatic carbocycles. The molecular formula is C15H21NO3. The van der Waals surface area contributed by atoms with Crippen molar-refractivity contribution in [1.82, 2.24) is 0 Å². The van der Waals surface area contributed by atoms with Crippen LogP contribution >= 0.6 is 0 Å². The molecule has 0 aliphatic rings. The first-order valence-electron chi connectivity index (χ1n) is 6.55. The molecule has 19 heavy (non-hydrogen) atoms. The molecule has 0 saturated carbocycles. The van der Waals surface area contributed by atoms with Crippen LogP contribution in [0, 0.1) is 13.8 Å². The average Bonchev–Trinajstić information content (AvgIpc) is 2.33. The standard InChI is InChI=1S/C15H21NO3/c1-4-5-14(17)16(9-8-15(18)19)13-7-6-11(2)12(3)10-13/h6-7,10H,4-5,8-9H2,1-3H3,(H,18,19). The minimum absolute atomic E-state index is 0.0213. The topological polar surface area (TPSA) is 57.6 Å². The third kappa shape index (κ3) is 4.39. The normalized spacial score (nSPS) is 10.3. The van der Waals surface area contributed by atoms with Gasteiger partial charge in [-0.2, -0.15) is 0 Å². The number of carbonyl (C=O) groups is 2. The minimum atomic E-state index is -0.891. The second kappa shape index (κ2) is 6.92. The summed E-state index contributed by atoms with van der Waals surface area (Å²) in [5.41, 5.74) is 3.04. The van der Waals surface area contributed by atoms with E-state index in [1.165, 1.54) is 0 Å².